The number of ether oxygens (including phenoxy) is 2. The lowest BCUT2D eigenvalue weighted by Crippen LogP contribution is -2.41. The highest BCUT2D eigenvalue weighted by Gasteiger charge is 2.12. The molecule has 0 atom stereocenters. The Labute approximate surface area is 184 Å². The number of hydrazine groups is 1. The SMILES string of the molecule is COc1cccc(NC(=O)COC(=O)CCCC(=O)NNC(=O)c2ccccc2Cl)c1. The molecule has 0 unspecified atom stereocenters. The number of methoxy groups -OCH3 is 1. The average molecular weight is 448 g/mol. The van der Waals surface area contributed by atoms with Crippen molar-refractivity contribution in [1.82, 2.24) is 10.9 Å². The van der Waals surface area contributed by atoms with E-state index >= 15 is 0 Å². The minimum absolute atomic E-state index is 0.0199. The molecular weight excluding hydrogens is 426 g/mol. The van der Waals surface area contributed by atoms with E-state index < -0.39 is 30.3 Å². The van der Waals surface area contributed by atoms with E-state index in [9.17, 15) is 19.2 Å². The Morgan fingerprint density at radius 1 is 0.935 bits per heavy atom. The van der Waals surface area contributed by atoms with Crippen LogP contribution in [0.1, 0.15) is 29.6 Å². The Balaban J connectivity index is 1.61. The van der Waals surface area contributed by atoms with Crippen molar-refractivity contribution in [1.29, 1.82) is 0 Å². The summed E-state index contributed by atoms with van der Waals surface area (Å²) in [5.74, 6) is -1.57. The predicted octanol–water partition coefficient (Wildman–Crippen LogP) is 2.46. The van der Waals surface area contributed by atoms with E-state index in [4.69, 9.17) is 21.1 Å². The van der Waals surface area contributed by atoms with Gasteiger partial charge in [-0.2, -0.15) is 0 Å². The zero-order valence-electron chi connectivity index (χ0n) is 16.8. The standard InChI is InChI=1S/C21H22ClN3O6/c1-30-15-7-4-6-14(12-15)23-19(27)13-31-20(28)11-5-10-18(26)24-25-21(29)16-8-2-3-9-17(16)22/h2-4,6-9,12H,5,10-11,13H2,1H3,(H,23,27)(H,24,26)(H,25,29). The highest BCUT2D eigenvalue weighted by Crippen LogP contribution is 2.16. The smallest absolute Gasteiger partial charge is 0.306 e. The maximum Gasteiger partial charge on any atom is 0.306 e. The fraction of sp³-hybridized carbons (Fsp3) is 0.238. The number of carbonyl (C=O) groups excluding carboxylic acids is 4. The highest BCUT2D eigenvalue weighted by molar-refractivity contribution is 6.33. The largest absolute Gasteiger partial charge is 0.497 e. The van der Waals surface area contributed by atoms with Crippen LogP contribution in [0.2, 0.25) is 5.02 Å². The van der Waals surface area contributed by atoms with Gasteiger partial charge in [0.25, 0.3) is 11.8 Å². The van der Waals surface area contributed by atoms with E-state index in [-0.39, 0.29) is 29.8 Å². The van der Waals surface area contributed by atoms with Crippen LogP contribution in [0.15, 0.2) is 48.5 Å². The van der Waals surface area contributed by atoms with Gasteiger partial charge in [0.05, 0.1) is 17.7 Å². The van der Waals surface area contributed by atoms with Crippen LogP contribution < -0.4 is 20.9 Å². The molecular formula is C21H22ClN3O6. The number of halogens is 1. The molecule has 9 nitrogen and oxygen atoms in total. The summed E-state index contributed by atoms with van der Waals surface area (Å²) in [5.41, 5.74) is 5.23. The maximum absolute atomic E-state index is 11.9. The average Bonchev–Trinajstić information content (AvgIpc) is 2.76. The van der Waals surface area contributed by atoms with Crippen LogP contribution in [-0.4, -0.2) is 37.4 Å². The number of hydrogen-bond donors (Lipinski definition) is 3. The van der Waals surface area contributed by atoms with E-state index in [0.717, 1.165) is 0 Å². The number of benzene rings is 2. The Kier molecular flexibility index (Phi) is 9.31. The van der Waals surface area contributed by atoms with Crippen LogP contribution in [0, 0.1) is 0 Å². The van der Waals surface area contributed by atoms with Crippen LogP contribution >= 0.6 is 11.6 Å². The normalized spacial score (nSPS) is 10.0. The van der Waals surface area contributed by atoms with E-state index in [1.54, 1.807) is 42.5 Å². The van der Waals surface area contributed by atoms with Crippen molar-refractivity contribution in [2.24, 2.45) is 0 Å². The highest BCUT2D eigenvalue weighted by atomic mass is 35.5. The van der Waals surface area contributed by atoms with E-state index in [1.807, 2.05) is 0 Å². The first kappa shape index (κ1) is 23.7. The quantitative estimate of drug-likeness (QED) is 0.401. The molecule has 0 aliphatic heterocycles. The zero-order valence-corrected chi connectivity index (χ0v) is 17.5. The van der Waals surface area contributed by atoms with Crippen molar-refractivity contribution < 1.29 is 28.7 Å². The molecule has 2 rings (SSSR count). The van der Waals surface area contributed by atoms with Crippen molar-refractivity contribution in [3.63, 3.8) is 0 Å². The summed E-state index contributed by atoms with van der Waals surface area (Å²) >= 11 is 5.90. The second-order valence-electron chi connectivity index (χ2n) is 6.28. The fourth-order valence-electron chi connectivity index (χ4n) is 2.41. The maximum atomic E-state index is 11.9. The van der Waals surface area contributed by atoms with Gasteiger partial charge in [-0.3, -0.25) is 30.0 Å². The number of hydrogen-bond acceptors (Lipinski definition) is 6. The summed E-state index contributed by atoms with van der Waals surface area (Å²) in [4.78, 5) is 47.3. The topological polar surface area (TPSA) is 123 Å². The number of carbonyl (C=O) groups is 4. The molecule has 0 fully saturated rings. The first-order chi connectivity index (χ1) is 14.9. The first-order valence-electron chi connectivity index (χ1n) is 9.32. The number of anilines is 1. The van der Waals surface area contributed by atoms with Crippen molar-refractivity contribution in [3.05, 3.63) is 59.1 Å². The van der Waals surface area contributed by atoms with Gasteiger partial charge in [-0.05, 0) is 30.7 Å². The van der Waals surface area contributed by atoms with Crippen molar-refractivity contribution in [3.8, 4) is 5.75 Å². The molecule has 0 saturated heterocycles. The molecule has 2 aromatic carbocycles. The summed E-state index contributed by atoms with van der Waals surface area (Å²) in [5, 5.41) is 2.84. The number of esters is 1. The summed E-state index contributed by atoms with van der Waals surface area (Å²) < 4.78 is 9.94. The Bertz CT molecular complexity index is 950. The van der Waals surface area contributed by atoms with Crippen LogP contribution in [0.5, 0.6) is 5.75 Å². The van der Waals surface area contributed by atoms with E-state index in [1.165, 1.54) is 13.2 Å². The molecule has 0 saturated carbocycles. The van der Waals surface area contributed by atoms with Crippen molar-refractivity contribution in [2.75, 3.05) is 19.0 Å². The lowest BCUT2D eigenvalue weighted by atomic mass is 10.2. The van der Waals surface area contributed by atoms with Crippen LogP contribution in [0.4, 0.5) is 5.69 Å². The number of nitrogens with one attached hydrogen (secondary N) is 3. The van der Waals surface area contributed by atoms with Gasteiger partial charge in [-0.15, -0.1) is 0 Å². The van der Waals surface area contributed by atoms with E-state index in [2.05, 4.69) is 16.2 Å². The minimum Gasteiger partial charge on any atom is -0.497 e. The van der Waals surface area contributed by atoms with Crippen molar-refractivity contribution in [2.45, 2.75) is 19.3 Å². The summed E-state index contributed by atoms with van der Waals surface area (Å²) in [6, 6.07) is 13.1. The third-order valence-electron chi connectivity index (χ3n) is 3.94. The third kappa shape index (κ3) is 8.35. The summed E-state index contributed by atoms with van der Waals surface area (Å²) in [7, 11) is 1.51. The fourth-order valence-corrected chi connectivity index (χ4v) is 2.63. The second-order valence-corrected chi connectivity index (χ2v) is 6.68. The first-order valence-corrected chi connectivity index (χ1v) is 9.70. The predicted molar refractivity (Wildman–Crippen MR) is 113 cm³/mol. The van der Waals surface area contributed by atoms with E-state index in [0.29, 0.717) is 11.4 Å². The molecule has 3 N–H and O–H groups in total. The molecule has 0 radical (unpaired) electrons. The molecule has 0 heterocycles. The second kappa shape index (κ2) is 12.2. The molecule has 10 heteroatoms. The zero-order chi connectivity index (χ0) is 22.6. The lowest BCUT2D eigenvalue weighted by molar-refractivity contribution is -0.147. The molecule has 3 amide bonds. The molecule has 0 spiro atoms. The van der Waals surface area contributed by atoms with Gasteiger partial charge in [0.15, 0.2) is 6.61 Å². The lowest BCUT2D eigenvalue weighted by Gasteiger charge is -2.09. The molecule has 164 valence electrons. The van der Waals surface area contributed by atoms with Gasteiger partial charge < -0.3 is 14.8 Å². The van der Waals surface area contributed by atoms with Crippen molar-refractivity contribution >= 4 is 41.0 Å². The summed E-state index contributed by atoms with van der Waals surface area (Å²) in [6.45, 7) is -0.448. The number of amides is 3. The third-order valence-corrected chi connectivity index (χ3v) is 4.27. The van der Waals surface area contributed by atoms with Gasteiger partial charge in [0.2, 0.25) is 5.91 Å². The molecule has 2 aromatic rings. The Hall–Kier alpha value is -3.59. The van der Waals surface area contributed by atoms with Gasteiger partial charge in [-0.1, -0.05) is 29.8 Å². The minimum atomic E-state index is -0.617. The Morgan fingerprint density at radius 3 is 2.45 bits per heavy atom. The monoisotopic (exact) mass is 447 g/mol. The van der Waals surface area contributed by atoms with Gasteiger partial charge in [0.1, 0.15) is 5.75 Å². The van der Waals surface area contributed by atoms with Crippen LogP contribution in [0.3, 0.4) is 0 Å². The van der Waals surface area contributed by atoms with Crippen LogP contribution in [0.25, 0.3) is 0 Å². The molecule has 0 bridgehead atoms. The molecule has 0 aliphatic carbocycles. The summed E-state index contributed by atoms with van der Waals surface area (Å²) in [6.07, 6.45) is 0.108. The van der Waals surface area contributed by atoms with Gasteiger partial charge >= 0.3 is 5.97 Å². The van der Waals surface area contributed by atoms with Crippen LogP contribution in [-0.2, 0) is 19.1 Å². The molecule has 31 heavy (non-hydrogen) atoms. The molecule has 0 aromatic heterocycles. The van der Waals surface area contributed by atoms with Gasteiger partial charge in [-0.25, -0.2) is 0 Å². The van der Waals surface area contributed by atoms with Gasteiger partial charge in [0, 0.05) is 24.6 Å². The molecule has 0 aliphatic rings. The Morgan fingerprint density at radius 2 is 1.71 bits per heavy atom. The number of rotatable bonds is 9.